The Kier molecular flexibility index (Phi) is 9.22. The van der Waals surface area contributed by atoms with Crippen molar-refractivity contribution in [2.24, 2.45) is 10.9 Å². The van der Waals surface area contributed by atoms with Gasteiger partial charge in [-0.1, -0.05) is 12.1 Å². The lowest BCUT2D eigenvalue weighted by atomic mass is 10.0. The van der Waals surface area contributed by atoms with Crippen molar-refractivity contribution in [3.8, 4) is 0 Å². The average molecular weight is 633 g/mol. The number of alkyl halides is 1. The molecule has 0 bridgehead atoms. The Bertz CT molecular complexity index is 1750. The lowest BCUT2D eigenvalue weighted by Crippen LogP contribution is -2.26. The van der Waals surface area contributed by atoms with Gasteiger partial charge in [0.25, 0.3) is 5.91 Å². The number of likely N-dealkylation sites (tertiary alicyclic amines) is 1. The van der Waals surface area contributed by atoms with Gasteiger partial charge in [0.2, 0.25) is 0 Å². The second-order valence-corrected chi connectivity index (χ2v) is 12.1. The number of rotatable bonds is 9. The van der Waals surface area contributed by atoms with Crippen molar-refractivity contribution >= 4 is 41.3 Å². The molecule has 2 saturated heterocycles. The zero-order valence-electron chi connectivity index (χ0n) is 25.1. The number of benzene rings is 2. The third-order valence-electron chi connectivity index (χ3n) is 8.22. The van der Waals surface area contributed by atoms with Crippen LogP contribution in [0.25, 0.3) is 5.65 Å². The van der Waals surface area contributed by atoms with Crippen LogP contribution in [-0.4, -0.2) is 76.3 Å². The fourth-order valence-electron chi connectivity index (χ4n) is 6.10. The summed E-state index contributed by atoms with van der Waals surface area (Å²) in [5.41, 5.74) is 2.94. The SMILES string of the molecule is CCOC(=O)c1cccc(CN2CCC(C=NC(=O)c3cnc4ccc(N5C[C@@H](F)C[C@@H]5c5cc(F)ccc5SC)nn34)C2)c1. The average Bonchev–Trinajstić information content (AvgIpc) is 3.78. The fraction of sp³-hybridized carbons (Fsp3) is 0.364. The van der Waals surface area contributed by atoms with Crippen LogP contribution >= 0.6 is 11.8 Å². The first-order valence-corrected chi connectivity index (χ1v) is 16.2. The van der Waals surface area contributed by atoms with Gasteiger partial charge in [-0.3, -0.25) is 9.69 Å². The van der Waals surface area contributed by atoms with Gasteiger partial charge < -0.3 is 9.64 Å². The van der Waals surface area contributed by atoms with Crippen LogP contribution < -0.4 is 4.90 Å². The minimum Gasteiger partial charge on any atom is -0.462 e. The normalized spacial score (nSPS) is 20.4. The number of hydrogen-bond acceptors (Lipinski definition) is 8. The summed E-state index contributed by atoms with van der Waals surface area (Å²) < 4.78 is 35.6. The molecule has 1 amide bonds. The predicted octanol–water partition coefficient (Wildman–Crippen LogP) is 5.79. The number of thioether (sulfide) groups is 1. The summed E-state index contributed by atoms with van der Waals surface area (Å²) in [4.78, 5) is 38.9. The van der Waals surface area contributed by atoms with Gasteiger partial charge in [0, 0.05) is 36.5 Å². The van der Waals surface area contributed by atoms with Crippen LogP contribution in [0.1, 0.15) is 57.8 Å². The molecule has 12 heteroatoms. The second-order valence-electron chi connectivity index (χ2n) is 11.3. The molecule has 3 atom stereocenters. The van der Waals surface area contributed by atoms with E-state index in [1.54, 1.807) is 37.4 Å². The van der Waals surface area contributed by atoms with Crippen molar-refractivity contribution in [3.63, 3.8) is 0 Å². The van der Waals surface area contributed by atoms with Crippen molar-refractivity contribution < 1.29 is 23.1 Å². The summed E-state index contributed by atoms with van der Waals surface area (Å²) in [7, 11) is 0. The molecule has 0 N–H and O–H groups in total. The van der Waals surface area contributed by atoms with Crippen molar-refractivity contribution in [2.45, 2.75) is 43.4 Å². The summed E-state index contributed by atoms with van der Waals surface area (Å²) in [6.07, 6.45) is 5.01. The summed E-state index contributed by atoms with van der Waals surface area (Å²) in [5.74, 6) is -0.611. The van der Waals surface area contributed by atoms with Gasteiger partial charge in [0.05, 0.1) is 31.0 Å². The Labute approximate surface area is 264 Å². The molecule has 2 aromatic heterocycles. The number of halogens is 2. The van der Waals surface area contributed by atoms with Gasteiger partial charge in [0.1, 0.15) is 17.8 Å². The number of aromatic nitrogens is 3. The van der Waals surface area contributed by atoms with Gasteiger partial charge in [-0.2, -0.15) is 0 Å². The number of esters is 1. The van der Waals surface area contributed by atoms with E-state index in [9.17, 15) is 18.4 Å². The van der Waals surface area contributed by atoms with Crippen molar-refractivity contribution in [3.05, 3.63) is 89.0 Å². The first-order valence-electron chi connectivity index (χ1n) is 15.0. The molecule has 4 aromatic rings. The maximum absolute atomic E-state index is 14.8. The largest absolute Gasteiger partial charge is 0.462 e. The first kappa shape index (κ1) is 30.8. The molecule has 0 radical (unpaired) electrons. The Morgan fingerprint density at radius 1 is 1.16 bits per heavy atom. The molecule has 0 spiro atoms. The predicted molar refractivity (Wildman–Crippen MR) is 169 cm³/mol. The number of nitrogens with zero attached hydrogens (tertiary/aromatic N) is 6. The maximum Gasteiger partial charge on any atom is 0.338 e. The summed E-state index contributed by atoms with van der Waals surface area (Å²) in [6.45, 7) is 4.46. The lowest BCUT2D eigenvalue weighted by Gasteiger charge is -2.27. The number of ether oxygens (including phenoxy) is 1. The van der Waals surface area contributed by atoms with Crippen molar-refractivity contribution in [2.75, 3.05) is 37.4 Å². The smallest absolute Gasteiger partial charge is 0.338 e. The van der Waals surface area contributed by atoms with Crippen LogP contribution in [-0.2, 0) is 11.3 Å². The van der Waals surface area contributed by atoms with Crippen LogP contribution in [0.2, 0.25) is 0 Å². The molecule has 4 heterocycles. The molecule has 0 saturated carbocycles. The van der Waals surface area contributed by atoms with Crippen LogP contribution in [0, 0.1) is 11.7 Å². The summed E-state index contributed by atoms with van der Waals surface area (Å²) >= 11 is 1.49. The molecule has 9 nitrogen and oxygen atoms in total. The van der Waals surface area contributed by atoms with Gasteiger partial charge >= 0.3 is 5.97 Å². The van der Waals surface area contributed by atoms with Crippen molar-refractivity contribution in [1.82, 2.24) is 19.5 Å². The van der Waals surface area contributed by atoms with Gasteiger partial charge in [-0.25, -0.2) is 28.1 Å². The highest BCUT2D eigenvalue weighted by Crippen LogP contribution is 2.40. The van der Waals surface area contributed by atoms with Gasteiger partial charge in [-0.15, -0.1) is 16.9 Å². The number of carbonyl (C=O) groups excluding carboxylic acids is 2. The summed E-state index contributed by atoms with van der Waals surface area (Å²) in [6, 6.07) is 15.1. The standard InChI is InChI=1S/C33H34F2N6O3S/c1-3-44-33(43)23-6-4-5-21(13-23)18-39-12-11-22(19-39)16-37-32(42)28-17-36-30-9-10-31(38-41(28)30)40-20-25(35)15-27(40)26-14-24(34)7-8-29(26)45-2/h4-10,13-14,16-17,22,25,27H,3,11-12,15,18-20H2,1-2H3/t22?,25-,27+/m0/s1. The number of amides is 1. The van der Waals surface area contributed by atoms with E-state index in [4.69, 9.17) is 4.74 Å². The zero-order chi connectivity index (χ0) is 31.5. The minimum absolute atomic E-state index is 0.0913. The summed E-state index contributed by atoms with van der Waals surface area (Å²) in [5, 5.41) is 4.67. The van der Waals surface area contributed by atoms with Gasteiger partial charge in [0.15, 0.2) is 11.3 Å². The molecular formula is C33H34F2N6O3S. The van der Waals surface area contributed by atoms with E-state index >= 15 is 0 Å². The van der Waals surface area contributed by atoms with E-state index < -0.39 is 18.1 Å². The Morgan fingerprint density at radius 2 is 2.02 bits per heavy atom. The van der Waals surface area contributed by atoms with Crippen LogP contribution in [0.3, 0.4) is 0 Å². The molecule has 6 rings (SSSR count). The van der Waals surface area contributed by atoms with Gasteiger partial charge in [-0.05, 0) is 79.7 Å². The van der Waals surface area contributed by atoms with Crippen LogP contribution in [0.4, 0.5) is 14.6 Å². The lowest BCUT2D eigenvalue weighted by molar-refractivity contribution is 0.0526. The molecule has 2 aliphatic heterocycles. The number of anilines is 1. The van der Waals surface area contributed by atoms with E-state index in [1.165, 1.54) is 34.6 Å². The molecule has 2 fully saturated rings. The molecule has 0 aliphatic carbocycles. The minimum atomic E-state index is -1.11. The van der Waals surface area contributed by atoms with E-state index in [0.717, 1.165) is 30.0 Å². The number of fused-ring (bicyclic) bond motifs is 1. The fourth-order valence-corrected chi connectivity index (χ4v) is 6.73. The second kappa shape index (κ2) is 13.5. The molecule has 234 valence electrons. The monoisotopic (exact) mass is 632 g/mol. The third-order valence-corrected chi connectivity index (χ3v) is 9.03. The highest BCUT2D eigenvalue weighted by atomic mass is 32.2. The quantitative estimate of drug-likeness (QED) is 0.130. The number of imidazole rings is 1. The Morgan fingerprint density at radius 3 is 2.84 bits per heavy atom. The molecule has 1 unspecified atom stereocenters. The van der Waals surface area contributed by atoms with E-state index in [2.05, 4.69) is 20.0 Å². The first-order chi connectivity index (χ1) is 21.8. The van der Waals surface area contributed by atoms with E-state index in [0.29, 0.717) is 35.7 Å². The zero-order valence-corrected chi connectivity index (χ0v) is 25.9. The topological polar surface area (TPSA) is 92.4 Å². The highest BCUT2D eigenvalue weighted by Gasteiger charge is 2.36. The van der Waals surface area contributed by atoms with E-state index in [-0.39, 0.29) is 36.4 Å². The highest BCUT2D eigenvalue weighted by molar-refractivity contribution is 7.98. The number of hydrogen-bond donors (Lipinski definition) is 0. The van der Waals surface area contributed by atoms with E-state index in [1.807, 2.05) is 29.4 Å². The molecule has 2 aromatic carbocycles. The molecule has 2 aliphatic rings. The third kappa shape index (κ3) is 6.76. The maximum atomic E-state index is 14.8. The molecule has 45 heavy (non-hydrogen) atoms. The Balaban J connectivity index is 1.15. The molecular weight excluding hydrogens is 598 g/mol. The van der Waals surface area contributed by atoms with Crippen LogP contribution in [0.15, 0.2) is 70.7 Å². The van der Waals surface area contributed by atoms with Crippen molar-refractivity contribution in [1.29, 1.82) is 0 Å². The number of aliphatic imine (C=N–C) groups is 1. The van der Waals surface area contributed by atoms with Crippen LogP contribution in [0.5, 0.6) is 0 Å². The Hall–Kier alpha value is -4.16. The number of carbonyl (C=O) groups is 2.